The summed E-state index contributed by atoms with van der Waals surface area (Å²) < 4.78 is 4.25. The maximum absolute atomic E-state index is 8.45. The lowest BCUT2D eigenvalue weighted by atomic mass is 10.2. The number of aromatic nitrogens is 2. The van der Waals surface area contributed by atoms with E-state index >= 15 is 0 Å². The van der Waals surface area contributed by atoms with Crippen LogP contribution in [0.4, 0.5) is 5.13 Å². The summed E-state index contributed by atoms with van der Waals surface area (Å²) in [5.41, 5.74) is 0. The molecule has 0 unspecified atom stereocenters. The quantitative estimate of drug-likeness (QED) is 0.762. The van der Waals surface area contributed by atoms with Gasteiger partial charge >= 0.3 is 0 Å². The number of nitrogens with zero attached hydrogens (tertiary/aromatic N) is 4. The van der Waals surface area contributed by atoms with E-state index in [1.807, 2.05) is 11.9 Å². The first-order valence-electron chi connectivity index (χ1n) is 4.57. The van der Waals surface area contributed by atoms with Gasteiger partial charge in [-0.2, -0.15) is 9.64 Å². The molecule has 76 valence electrons. The topological polar surface area (TPSA) is 52.8 Å². The SMILES string of the molecule is CC(C)c1nsc(N(C)CCC#N)n1. The zero-order valence-electron chi connectivity index (χ0n) is 8.69. The zero-order chi connectivity index (χ0) is 10.6. The average Bonchev–Trinajstić information content (AvgIpc) is 2.62. The third-order valence-corrected chi connectivity index (χ3v) is 2.68. The molecule has 4 nitrogen and oxygen atoms in total. The van der Waals surface area contributed by atoms with Crippen LogP contribution in [0, 0.1) is 11.3 Å². The van der Waals surface area contributed by atoms with E-state index in [2.05, 4.69) is 29.3 Å². The van der Waals surface area contributed by atoms with Gasteiger partial charge in [-0.3, -0.25) is 0 Å². The molecule has 1 aromatic rings. The van der Waals surface area contributed by atoms with E-state index in [9.17, 15) is 0 Å². The molecule has 1 rings (SSSR count). The number of hydrogen-bond donors (Lipinski definition) is 0. The minimum absolute atomic E-state index is 0.365. The van der Waals surface area contributed by atoms with Gasteiger partial charge in [-0.25, -0.2) is 4.98 Å². The molecule has 0 bridgehead atoms. The van der Waals surface area contributed by atoms with Gasteiger partial charge in [0.1, 0.15) is 5.82 Å². The second-order valence-electron chi connectivity index (χ2n) is 3.42. The average molecular weight is 210 g/mol. The van der Waals surface area contributed by atoms with Gasteiger partial charge in [-0.05, 0) is 0 Å². The molecule has 0 amide bonds. The van der Waals surface area contributed by atoms with E-state index in [1.165, 1.54) is 11.5 Å². The Bertz CT molecular complexity index is 326. The van der Waals surface area contributed by atoms with Crippen molar-refractivity contribution in [3.63, 3.8) is 0 Å². The number of rotatable bonds is 4. The first kappa shape index (κ1) is 10.9. The second kappa shape index (κ2) is 4.91. The Labute approximate surface area is 88.4 Å². The van der Waals surface area contributed by atoms with Crippen molar-refractivity contribution in [2.75, 3.05) is 18.5 Å². The molecule has 1 aromatic heterocycles. The summed E-state index contributed by atoms with van der Waals surface area (Å²) >= 11 is 1.39. The van der Waals surface area contributed by atoms with Crippen molar-refractivity contribution in [2.45, 2.75) is 26.2 Å². The van der Waals surface area contributed by atoms with Crippen molar-refractivity contribution < 1.29 is 0 Å². The summed E-state index contributed by atoms with van der Waals surface area (Å²) in [4.78, 5) is 6.35. The van der Waals surface area contributed by atoms with E-state index in [0.29, 0.717) is 18.9 Å². The van der Waals surface area contributed by atoms with Gasteiger partial charge in [-0.15, -0.1) is 0 Å². The van der Waals surface area contributed by atoms with Crippen LogP contribution in [-0.4, -0.2) is 22.9 Å². The highest BCUT2D eigenvalue weighted by molar-refractivity contribution is 7.09. The van der Waals surface area contributed by atoms with Crippen molar-refractivity contribution in [1.82, 2.24) is 9.36 Å². The lowest BCUT2D eigenvalue weighted by Crippen LogP contribution is -2.17. The minimum atomic E-state index is 0.365. The lowest BCUT2D eigenvalue weighted by Gasteiger charge is -2.11. The molecule has 0 N–H and O–H groups in total. The smallest absolute Gasteiger partial charge is 0.204 e. The molecule has 5 heteroatoms. The van der Waals surface area contributed by atoms with Crippen LogP contribution in [0.1, 0.15) is 32.0 Å². The highest BCUT2D eigenvalue weighted by atomic mass is 32.1. The minimum Gasteiger partial charge on any atom is -0.349 e. The molecule has 0 saturated heterocycles. The highest BCUT2D eigenvalue weighted by Gasteiger charge is 2.10. The molecular weight excluding hydrogens is 196 g/mol. The van der Waals surface area contributed by atoms with Crippen molar-refractivity contribution in [3.05, 3.63) is 5.82 Å². The standard InChI is InChI=1S/C9H14N4S/c1-7(2)8-11-9(14-12-8)13(3)6-4-5-10/h7H,4,6H2,1-3H3. The number of nitriles is 1. The largest absolute Gasteiger partial charge is 0.349 e. The van der Waals surface area contributed by atoms with Crippen LogP contribution in [0.15, 0.2) is 0 Å². The molecule has 14 heavy (non-hydrogen) atoms. The van der Waals surface area contributed by atoms with E-state index in [1.54, 1.807) is 0 Å². The third-order valence-electron chi connectivity index (χ3n) is 1.83. The highest BCUT2D eigenvalue weighted by Crippen LogP contribution is 2.20. The van der Waals surface area contributed by atoms with Crippen LogP contribution in [-0.2, 0) is 0 Å². The molecule has 0 aliphatic heterocycles. The van der Waals surface area contributed by atoms with Crippen LogP contribution in [0.5, 0.6) is 0 Å². The molecule has 0 spiro atoms. The monoisotopic (exact) mass is 210 g/mol. The van der Waals surface area contributed by atoms with Crippen molar-refractivity contribution in [2.24, 2.45) is 0 Å². The van der Waals surface area contributed by atoms with Crippen LogP contribution < -0.4 is 4.90 Å². The van der Waals surface area contributed by atoms with Gasteiger partial charge in [0.25, 0.3) is 0 Å². The first-order chi connectivity index (χ1) is 6.65. The van der Waals surface area contributed by atoms with Crippen molar-refractivity contribution in [3.8, 4) is 6.07 Å². The predicted octanol–water partition coefficient (Wildman–Crippen LogP) is 2.01. The summed E-state index contributed by atoms with van der Waals surface area (Å²) in [6.07, 6.45) is 0.521. The van der Waals surface area contributed by atoms with Gasteiger partial charge in [0, 0.05) is 31.0 Å². The van der Waals surface area contributed by atoms with Gasteiger partial charge < -0.3 is 4.90 Å². The number of anilines is 1. The Morgan fingerprint density at radius 1 is 1.57 bits per heavy atom. The molecular formula is C9H14N4S. The van der Waals surface area contributed by atoms with Crippen molar-refractivity contribution >= 4 is 16.7 Å². The first-order valence-corrected chi connectivity index (χ1v) is 5.34. The molecule has 0 fully saturated rings. The van der Waals surface area contributed by atoms with Gasteiger partial charge in [0.2, 0.25) is 5.13 Å². The maximum atomic E-state index is 8.45. The van der Waals surface area contributed by atoms with Gasteiger partial charge in [0.05, 0.1) is 12.5 Å². The fourth-order valence-electron chi connectivity index (χ4n) is 0.929. The fraction of sp³-hybridized carbons (Fsp3) is 0.667. The normalized spacial score (nSPS) is 10.2. The van der Waals surface area contributed by atoms with Crippen LogP contribution in [0.25, 0.3) is 0 Å². The summed E-state index contributed by atoms with van der Waals surface area (Å²) in [5, 5.41) is 9.34. The number of hydrogen-bond acceptors (Lipinski definition) is 5. The fourth-order valence-corrected chi connectivity index (χ4v) is 1.72. The van der Waals surface area contributed by atoms with Crippen LogP contribution >= 0.6 is 11.5 Å². The Balaban J connectivity index is 2.62. The summed E-state index contributed by atoms with van der Waals surface area (Å²) in [5.74, 6) is 1.25. The van der Waals surface area contributed by atoms with Crippen LogP contribution in [0.3, 0.4) is 0 Å². The maximum Gasteiger partial charge on any atom is 0.204 e. The zero-order valence-corrected chi connectivity index (χ0v) is 9.51. The summed E-state index contributed by atoms with van der Waals surface area (Å²) in [7, 11) is 1.93. The molecule has 1 heterocycles. The Morgan fingerprint density at radius 2 is 2.29 bits per heavy atom. The van der Waals surface area contributed by atoms with E-state index in [4.69, 9.17) is 5.26 Å². The lowest BCUT2D eigenvalue weighted by molar-refractivity contribution is 0.792. The molecule has 0 aromatic carbocycles. The second-order valence-corrected chi connectivity index (χ2v) is 4.15. The van der Waals surface area contributed by atoms with Crippen LogP contribution in [0.2, 0.25) is 0 Å². The summed E-state index contributed by atoms with van der Waals surface area (Å²) in [6, 6.07) is 2.11. The molecule has 0 aliphatic carbocycles. The third kappa shape index (κ3) is 2.67. The Kier molecular flexibility index (Phi) is 3.84. The van der Waals surface area contributed by atoms with Crippen molar-refractivity contribution in [1.29, 1.82) is 5.26 Å². The Hall–Kier alpha value is -1.15. The van der Waals surface area contributed by atoms with Gasteiger partial charge in [-0.1, -0.05) is 13.8 Å². The van der Waals surface area contributed by atoms with E-state index in [-0.39, 0.29) is 0 Å². The Morgan fingerprint density at radius 3 is 2.79 bits per heavy atom. The van der Waals surface area contributed by atoms with E-state index in [0.717, 1.165) is 11.0 Å². The predicted molar refractivity (Wildman–Crippen MR) is 57.5 cm³/mol. The summed E-state index contributed by atoms with van der Waals surface area (Å²) in [6.45, 7) is 4.85. The van der Waals surface area contributed by atoms with Gasteiger partial charge in [0.15, 0.2) is 0 Å². The molecule has 0 aliphatic rings. The molecule has 0 atom stereocenters. The van der Waals surface area contributed by atoms with E-state index < -0.39 is 0 Å². The molecule has 0 saturated carbocycles. The molecule has 0 radical (unpaired) electrons.